The van der Waals surface area contributed by atoms with Gasteiger partial charge in [0.1, 0.15) is 0 Å². The standard InChI is InChI=1S/C11H18N2/c1-3-6-13-10(2)9-11-4-7-12-8-5-11/h4-5,7-8,10,13H,3,6,9H2,1-2H3. The maximum Gasteiger partial charge on any atom is 0.0270 e. The van der Waals surface area contributed by atoms with Gasteiger partial charge < -0.3 is 5.32 Å². The maximum absolute atomic E-state index is 3.99. The van der Waals surface area contributed by atoms with E-state index in [1.807, 2.05) is 12.4 Å². The summed E-state index contributed by atoms with van der Waals surface area (Å²) in [6, 6.07) is 4.70. The molecular weight excluding hydrogens is 160 g/mol. The second kappa shape index (κ2) is 5.70. The summed E-state index contributed by atoms with van der Waals surface area (Å²) in [4.78, 5) is 3.99. The summed E-state index contributed by atoms with van der Waals surface area (Å²) < 4.78 is 0. The molecule has 0 saturated heterocycles. The summed E-state index contributed by atoms with van der Waals surface area (Å²) in [5.41, 5.74) is 1.35. The zero-order chi connectivity index (χ0) is 9.52. The first kappa shape index (κ1) is 10.2. The summed E-state index contributed by atoms with van der Waals surface area (Å²) in [5, 5.41) is 3.46. The Hall–Kier alpha value is -0.890. The van der Waals surface area contributed by atoms with Crippen LogP contribution in [-0.2, 0) is 6.42 Å². The topological polar surface area (TPSA) is 24.9 Å². The first-order chi connectivity index (χ1) is 6.33. The number of aromatic nitrogens is 1. The van der Waals surface area contributed by atoms with Crippen molar-refractivity contribution in [2.45, 2.75) is 32.7 Å². The second-order valence-corrected chi connectivity index (χ2v) is 3.41. The Morgan fingerprint density at radius 3 is 2.69 bits per heavy atom. The van der Waals surface area contributed by atoms with Crippen molar-refractivity contribution in [3.8, 4) is 0 Å². The lowest BCUT2D eigenvalue weighted by molar-refractivity contribution is 0.543. The lowest BCUT2D eigenvalue weighted by Crippen LogP contribution is -2.28. The van der Waals surface area contributed by atoms with Crippen molar-refractivity contribution in [2.75, 3.05) is 6.54 Å². The van der Waals surface area contributed by atoms with E-state index in [1.165, 1.54) is 12.0 Å². The highest BCUT2D eigenvalue weighted by atomic mass is 14.9. The number of pyridine rings is 1. The molecule has 2 nitrogen and oxygen atoms in total. The van der Waals surface area contributed by atoms with Crippen LogP contribution < -0.4 is 5.32 Å². The minimum Gasteiger partial charge on any atom is -0.314 e. The van der Waals surface area contributed by atoms with Crippen molar-refractivity contribution in [2.24, 2.45) is 0 Å². The van der Waals surface area contributed by atoms with Crippen LogP contribution in [0, 0.1) is 0 Å². The third kappa shape index (κ3) is 4.04. The van der Waals surface area contributed by atoms with Gasteiger partial charge in [-0.1, -0.05) is 6.92 Å². The van der Waals surface area contributed by atoms with Crippen LogP contribution in [0.3, 0.4) is 0 Å². The summed E-state index contributed by atoms with van der Waals surface area (Å²) in [6.45, 7) is 5.51. The van der Waals surface area contributed by atoms with Gasteiger partial charge >= 0.3 is 0 Å². The van der Waals surface area contributed by atoms with Gasteiger partial charge in [0, 0.05) is 18.4 Å². The van der Waals surface area contributed by atoms with E-state index in [0.29, 0.717) is 6.04 Å². The summed E-state index contributed by atoms with van der Waals surface area (Å²) >= 11 is 0. The van der Waals surface area contributed by atoms with Crippen molar-refractivity contribution in [1.82, 2.24) is 10.3 Å². The van der Waals surface area contributed by atoms with Crippen molar-refractivity contribution in [1.29, 1.82) is 0 Å². The number of nitrogens with zero attached hydrogens (tertiary/aromatic N) is 1. The smallest absolute Gasteiger partial charge is 0.0270 e. The highest BCUT2D eigenvalue weighted by Gasteiger charge is 2.00. The van der Waals surface area contributed by atoms with Crippen LogP contribution in [0.15, 0.2) is 24.5 Å². The molecule has 0 aromatic carbocycles. The lowest BCUT2D eigenvalue weighted by Gasteiger charge is -2.12. The average molecular weight is 178 g/mol. The largest absolute Gasteiger partial charge is 0.314 e. The molecule has 0 radical (unpaired) electrons. The van der Waals surface area contributed by atoms with Gasteiger partial charge in [0.15, 0.2) is 0 Å². The van der Waals surface area contributed by atoms with Gasteiger partial charge in [-0.3, -0.25) is 4.98 Å². The van der Waals surface area contributed by atoms with E-state index in [1.54, 1.807) is 0 Å². The average Bonchev–Trinajstić information content (AvgIpc) is 2.16. The molecule has 0 aliphatic heterocycles. The van der Waals surface area contributed by atoms with Crippen LogP contribution in [0.25, 0.3) is 0 Å². The van der Waals surface area contributed by atoms with Gasteiger partial charge in [0.25, 0.3) is 0 Å². The number of hydrogen-bond donors (Lipinski definition) is 1. The molecule has 1 aromatic heterocycles. The maximum atomic E-state index is 3.99. The third-order valence-electron chi connectivity index (χ3n) is 2.03. The Kier molecular flexibility index (Phi) is 4.47. The van der Waals surface area contributed by atoms with Crippen LogP contribution in [0.4, 0.5) is 0 Å². The predicted molar refractivity (Wildman–Crippen MR) is 55.7 cm³/mol. The van der Waals surface area contributed by atoms with E-state index in [4.69, 9.17) is 0 Å². The van der Waals surface area contributed by atoms with E-state index in [0.717, 1.165) is 13.0 Å². The fourth-order valence-corrected chi connectivity index (χ4v) is 1.34. The molecule has 1 rings (SSSR count). The molecule has 0 spiro atoms. The van der Waals surface area contributed by atoms with Gasteiger partial charge in [-0.25, -0.2) is 0 Å². The minimum absolute atomic E-state index is 0.558. The molecule has 2 heteroatoms. The predicted octanol–water partition coefficient (Wildman–Crippen LogP) is 2.01. The molecule has 1 atom stereocenters. The van der Waals surface area contributed by atoms with Crippen LogP contribution in [0.5, 0.6) is 0 Å². The summed E-state index contributed by atoms with van der Waals surface area (Å²) in [7, 11) is 0. The molecule has 1 unspecified atom stereocenters. The normalized spacial score (nSPS) is 12.8. The molecule has 1 heterocycles. The van der Waals surface area contributed by atoms with Gasteiger partial charge in [-0.2, -0.15) is 0 Å². The SMILES string of the molecule is CCCNC(C)Cc1ccncc1. The van der Waals surface area contributed by atoms with Crippen LogP contribution in [0.1, 0.15) is 25.8 Å². The Bertz CT molecular complexity index is 221. The number of nitrogens with one attached hydrogen (secondary N) is 1. The Labute approximate surface area is 80.4 Å². The van der Waals surface area contributed by atoms with Crippen molar-refractivity contribution >= 4 is 0 Å². The minimum atomic E-state index is 0.558. The molecule has 0 amide bonds. The van der Waals surface area contributed by atoms with Gasteiger partial charge in [-0.15, -0.1) is 0 Å². The monoisotopic (exact) mass is 178 g/mol. The second-order valence-electron chi connectivity index (χ2n) is 3.41. The van der Waals surface area contributed by atoms with Gasteiger partial charge in [-0.05, 0) is 44.0 Å². The quantitative estimate of drug-likeness (QED) is 0.746. The summed E-state index contributed by atoms with van der Waals surface area (Å²) in [6.07, 6.45) is 5.98. The van der Waals surface area contributed by atoms with Crippen LogP contribution >= 0.6 is 0 Å². The molecule has 0 aliphatic carbocycles. The summed E-state index contributed by atoms with van der Waals surface area (Å²) in [5.74, 6) is 0. The highest BCUT2D eigenvalue weighted by molar-refractivity contribution is 5.10. The molecule has 0 aliphatic rings. The molecule has 72 valence electrons. The number of rotatable bonds is 5. The Morgan fingerprint density at radius 1 is 1.38 bits per heavy atom. The van der Waals surface area contributed by atoms with Gasteiger partial charge in [0.2, 0.25) is 0 Å². The molecule has 1 aromatic rings. The van der Waals surface area contributed by atoms with Crippen LogP contribution in [0.2, 0.25) is 0 Å². The third-order valence-corrected chi connectivity index (χ3v) is 2.03. The number of hydrogen-bond acceptors (Lipinski definition) is 2. The first-order valence-electron chi connectivity index (χ1n) is 4.95. The molecule has 0 bridgehead atoms. The van der Waals surface area contributed by atoms with E-state index in [2.05, 4.69) is 36.3 Å². The van der Waals surface area contributed by atoms with Crippen molar-refractivity contribution in [3.05, 3.63) is 30.1 Å². The lowest BCUT2D eigenvalue weighted by atomic mass is 10.1. The fourth-order valence-electron chi connectivity index (χ4n) is 1.34. The molecular formula is C11H18N2. The van der Waals surface area contributed by atoms with Crippen molar-refractivity contribution in [3.63, 3.8) is 0 Å². The van der Waals surface area contributed by atoms with Gasteiger partial charge in [0.05, 0.1) is 0 Å². The van der Waals surface area contributed by atoms with Crippen LogP contribution in [-0.4, -0.2) is 17.6 Å². The molecule has 0 saturated carbocycles. The fraction of sp³-hybridized carbons (Fsp3) is 0.545. The zero-order valence-corrected chi connectivity index (χ0v) is 8.46. The van der Waals surface area contributed by atoms with E-state index < -0.39 is 0 Å². The molecule has 0 fully saturated rings. The zero-order valence-electron chi connectivity index (χ0n) is 8.46. The first-order valence-corrected chi connectivity index (χ1v) is 4.95. The molecule has 1 N–H and O–H groups in total. The van der Waals surface area contributed by atoms with E-state index in [-0.39, 0.29) is 0 Å². The van der Waals surface area contributed by atoms with Crippen molar-refractivity contribution < 1.29 is 0 Å². The van der Waals surface area contributed by atoms with E-state index >= 15 is 0 Å². The molecule has 13 heavy (non-hydrogen) atoms. The Balaban J connectivity index is 2.32. The highest BCUT2D eigenvalue weighted by Crippen LogP contribution is 2.00. The van der Waals surface area contributed by atoms with E-state index in [9.17, 15) is 0 Å². The Morgan fingerprint density at radius 2 is 2.08 bits per heavy atom.